The molecule has 15 nitrogen and oxygen atoms in total. The van der Waals surface area contributed by atoms with Crippen molar-refractivity contribution in [2.45, 2.75) is 42.0 Å². The zero-order valence-electron chi connectivity index (χ0n) is 18.0. The lowest BCUT2D eigenvalue weighted by atomic mass is 9.97. The van der Waals surface area contributed by atoms with Crippen LogP contribution in [0.4, 0.5) is 4.79 Å². The number of aliphatic carboxylic acids is 1. The Balaban J connectivity index is 1.32. The van der Waals surface area contributed by atoms with Gasteiger partial charge in [-0.2, -0.15) is 0 Å². The summed E-state index contributed by atoms with van der Waals surface area (Å²) in [6.07, 6.45) is -2.95. The van der Waals surface area contributed by atoms with Gasteiger partial charge in [-0.15, -0.1) is 0 Å². The van der Waals surface area contributed by atoms with Gasteiger partial charge in [0.2, 0.25) is 12.0 Å². The number of nitrogens with zero attached hydrogens (tertiary/aromatic N) is 2. The number of phenols is 2. The molecule has 0 saturated carbocycles. The number of phenolic OH excluding ortho intramolecular Hbond substituents is 2. The van der Waals surface area contributed by atoms with E-state index in [-0.39, 0.29) is 29.9 Å². The van der Waals surface area contributed by atoms with Crippen LogP contribution in [0.1, 0.15) is 25.3 Å². The summed E-state index contributed by atoms with van der Waals surface area (Å²) in [6.45, 7) is 0.179. The molecule has 0 aromatic heterocycles. The smallest absolute Gasteiger partial charge is 0.426 e. The molecule has 1 aromatic carbocycles. The third-order valence-electron chi connectivity index (χ3n) is 6.11. The fourth-order valence-corrected chi connectivity index (χ4v) is 6.42. The number of para-hydroxylation sites is 1. The quantitative estimate of drug-likeness (QED) is 0.174. The Labute approximate surface area is 197 Å². The summed E-state index contributed by atoms with van der Waals surface area (Å²) in [4.78, 5) is 53.5. The first-order valence-electron chi connectivity index (χ1n) is 10.1. The molecule has 16 heteroatoms. The van der Waals surface area contributed by atoms with Gasteiger partial charge in [-0.1, -0.05) is 11.2 Å². The molecule has 188 valence electrons. The highest BCUT2D eigenvalue weighted by Crippen LogP contribution is 2.46. The Hall–Kier alpha value is -4.08. The standard InChI is InChI=1S/C19H20N4O11S/c1-19(15(17(28)29)23-12(25)6-13(23)35(19,31)32)7-33-18(30)21-20-16(27)11-5-9(22-34-11)8-3-2-4-10(24)14(8)26/h2-4,11,13,15,24,26H,5-7H2,1H3,(H,20,27)(H,21,30)(H,28,29)/t11?,13-,15+,19+/m1/s1. The van der Waals surface area contributed by atoms with E-state index >= 15 is 0 Å². The number of carboxylic acid groups (broad SMARTS) is 1. The molecular weight excluding hydrogens is 492 g/mol. The van der Waals surface area contributed by atoms with Crippen molar-refractivity contribution < 1.29 is 52.5 Å². The Morgan fingerprint density at radius 3 is 2.63 bits per heavy atom. The van der Waals surface area contributed by atoms with Crippen LogP contribution in [-0.4, -0.2) is 87.1 Å². The number of oxime groups is 1. The minimum absolute atomic E-state index is 0.110. The highest BCUT2D eigenvalue weighted by atomic mass is 32.2. The summed E-state index contributed by atoms with van der Waals surface area (Å²) >= 11 is 0. The number of ether oxygens (including phenoxy) is 1. The first-order valence-corrected chi connectivity index (χ1v) is 11.7. The number of hydrogen-bond acceptors (Lipinski definition) is 11. The Kier molecular flexibility index (Phi) is 5.70. The van der Waals surface area contributed by atoms with Crippen molar-refractivity contribution in [3.63, 3.8) is 0 Å². The summed E-state index contributed by atoms with van der Waals surface area (Å²) in [5.41, 5.74) is 4.20. The molecule has 0 bridgehead atoms. The van der Waals surface area contributed by atoms with Gasteiger partial charge < -0.3 is 29.8 Å². The molecule has 0 aliphatic carbocycles. The number of hydrazine groups is 1. The maximum Gasteiger partial charge on any atom is 0.426 e. The van der Waals surface area contributed by atoms with Gasteiger partial charge in [0, 0.05) is 12.0 Å². The van der Waals surface area contributed by atoms with E-state index in [1.807, 2.05) is 10.9 Å². The van der Waals surface area contributed by atoms with E-state index in [0.29, 0.717) is 0 Å². The summed E-state index contributed by atoms with van der Waals surface area (Å²) in [7, 11) is -4.18. The highest BCUT2D eigenvalue weighted by Gasteiger charge is 2.70. The van der Waals surface area contributed by atoms with Crippen LogP contribution in [0, 0.1) is 0 Å². The highest BCUT2D eigenvalue weighted by molar-refractivity contribution is 7.94. The number of fused-ring (bicyclic) bond motifs is 1. The Bertz CT molecular complexity index is 1260. The lowest BCUT2D eigenvalue weighted by molar-refractivity contribution is -0.158. The molecule has 4 rings (SSSR count). The van der Waals surface area contributed by atoms with E-state index < -0.39 is 68.3 Å². The van der Waals surface area contributed by atoms with Crippen LogP contribution in [0.15, 0.2) is 23.4 Å². The van der Waals surface area contributed by atoms with Crippen LogP contribution in [0.2, 0.25) is 0 Å². The van der Waals surface area contributed by atoms with Crippen LogP contribution in [0.3, 0.4) is 0 Å². The minimum Gasteiger partial charge on any atom is -0.504 e. The third kappa shape index (κ3) is 3.74. The van der Waals surface area contributed by atoms with Gasteiger partial charge >= 0.3 is 12.1 Å². The van der Waals surface area contributed by atoms with Crippen molar-refractivity contribution in [3.05, 3.63) is 23.8 Å². The molecular formula is C19H20N4O11S. The second-order valence-electron chi connectivity index (χ2n) is 8.26. The van der Waals surface area contributed by atoms with Crippen LogP contribution >= 0.6 is 0 Å². The number of aromatic hydroxyl groups is 2. The molecule has 0 radical (unpaired) electrons. The summed E-state index contributed by atoms with van der Waals surface area (Å²) in [5.74, 6) is -3.89. The van der Waals surface area contributed by atoms with Gasteiger partial charge in [-0.25, -0.2) is 23.4 Å². The zero-order chi connectivity index (χ0) is 25.7. The van der Waals surface area contributed by atoms with Crippen molar-refractivity contribution in [2.75, 3.05) is 6.61 Å². The van der Waals surface area contributed by atoms with E-state index in [1.165, 1.54) is 18.2 Å². The fraction of sp³-hybridized carbons (Fsp3) is 0.421. The molecule has 3 heterocycles. The number of carboxylic acids is 1. The molecule has 2 saturated heterocycles. The normalized spacial score (nSPS) is 28.3. The van der Waals surface area contributed by atoms with Crippen LogP contribution < -0.4 is 10.9 Å². The van der Waals surface area contributed by atoms with E-state index in [0.717, 1.165) is 11.8 Å². The predicted octanol–water partition coefficient (Wildman–Crippen LogP) is -1.45. The largest absolute Gasteiger partial charge is 0.504 e. The van der Waals surface area contributed by atoms with E-state index in [1.54, 1.807) is 0 Å². The van der Waals surface area contributed by atoms with Crippen molar-refractivity contribution in [3.8, 4) is 11.5 Å². The molecule has 5 N–H and O–H groups in total. The van der Waals surface area contributed by atoms with Crippen molar-refractivity contribution in [2.24, 2.45) is 5.16 Å². The number of carbonyl (C=O) groups is 4. The third-order valence-corrected chi connectivity index (χ3v) is 8.86. The number of benzene rings is 1. The minimum atomic E-state index is -4.18. The average molecular weight is 512 g/mol. The van der Waals surface area contributed by atoms with Crippen molar-refractivity contribution >= 4 is 39.4 Å². The fourth-order valence-electron chi connectivity index (χ4n) is 4.15. The molecule has 1 aromatic rings. The van der Waals surface area contributed by atoms with Gasteiger partial charge in [-0.3, -0.25) is 15.0 Å². The number of hydrogen-bond donors (Lipinski definition) is 5. The van der Waals surface area contributed by atoms with Gasteiger partial charge in [0.25, 0.3) is 5.91 Å². The van der Waals surface area contributed by atoms with Gasteiger partial charge in [0.15, 0.2) is 27.4 Å². The number of β-lactam (4-membered cyclic amide) rings is 1. The lowest BCUT2D eigenvalue weighted by Crippen LogP contribution is -2.58. The molecule has 3 aliphatic heterocycles. The molecule has 3 amide bonds. The SMILES string of the molecule is C[C@]1(COC(=O)NNC(=O)C2CC(c3cccc(O)c3O)=NO2)[C@H](C(=O)O)N2C(=O)C[C@H]2S1(=O)=O. The van der Waals surface area contributed by atoms with Gasteiger partial charge in [0.1, 0.15) is 16.7 Å². The maximum absolute atomic E-state index is 12.8. The second kappa shape index (κ2) is 8.30. The Morgan fingerprint density at radius 2 is 1.97 bits per heavy atom. The van der Waals surface area contributed by atoms with Crippen LogP contribution in [0.5, 0.6) is 11.5 Å². The van der Waals surface area contributed by atoms with Gasteiger partial charge in [0.05, 0.1) is 12.1 Å². The van der Waals surface area contributed by atoms with Crippen molar-refractivity contribution in [1.82, 2.24) is 15.8 Å². The number of sulfone groups is 1. The monoisotopic (exact) mass is 512 g/mol. The van der Waals surface area contributed by atoms with Crippen molar-refractivity contribution in [1.29, 1.82) is 0 Å². The van der Waals surface area contributed by atoms with E-state index in [4.69, 9.17) is 9.57 Å². The van der Waals surface area contributed by atoms with Crippen LogP contribution in [0.25, 0.3) is 0 Å². The molecule has 4 atom stereocenters. The number of amides is 3. The maximum atomic E-state index is 12.8. The second-order valence-corrected chi connectivity index (χ2v) is 10.8. The summed E-state index contributed by atoms with van der Waals surface area (Å²) in [5, 5.41) is 31.4. The average Bonchev–Trinajstić information content (AvgIpc) is 3.33. The summed E-state index contributed by atoms with van der Waals surface area (Å²) in [6, 6.07) is 2.42. The summed E-state index contributed by atoms with van der Waals surface area (Å²) < 4.78 is 28.3. The predicted molar refractivity (Wildman–Crippen MR) is 112 cm³/mol. The number of nitrogens with one attached hydrogen (secondary N) is 2. The molecule has 2 fully saturated rings. The Morgan fingerprint density at radius 1 is 1.26 bits per heavy atom. The molecule has 35 heavy (non-hydrogen) atoms. The molecule has 3 aliphatic rings. The van der Waals surface area contributed by atoms with Gasteiger partial charge in [-0.05, 0) is 19.1 Å². The number of carbonyl (C=O) groups excluding carboxylic acids is 3. The first-order chi connectivity index (χ1) is 16.4. The molecule has 1 unspecified atom stereocenters. The zero-order valence-corrected chi connectivity index (χ0v) is 18.8. The van der Waals surface area contributed by atoms with E-state index in [2.05, 4.69) is 5.16 Å². The van der Waals surface area contributed by atoms with Crippen LogP contribution in [-0.2, 0) is 33.8 Å². The lowest BCUT2D eigenvalue weighted by Gasteiger charge is -2.35. The molecule has 0 spiro atoms. The van der Waals surface area contributed by atoms with E-state index in [9.17, 15) is 42.9 Å². The number of rotatable bonds is 5. The first kappa shape index (κ1) is 24.1. The topological polar surface area (TPSA) is 221 Å².